The second-order valence-electron chi connectivity index (χ2n) is 5.48. The molecule has 1 heterocycles. The highest BCUT2D eigenvalue weighted by molar-refractivity contribution is 6.03. The Hall–Kier alpha value is -2.64. The highest BCUT2D eigenvalue weighted by Gasteiger charge is 2.33. The van der Waals surface area contributed by atoms with E-state index >= 15 is 0 Å². The van der Waals surface area contributed by atoms with Gasteiger partial charge in [0.05, 0.1) is 11.3 Å². The van der Waals surface area contributed by atoms with Crippen molar-refractivity contribution in [2.45, 2.75) is 33.0 Å². The van der Waals surface area contributed by atoms with E-state index in [0.29, 0.717) is 11.6 Å². The van der Waals surface area contributed by atoms with Crippen molar-refractivity contribution >= 4 is 17.4 Å². The second kappa shape index (κ2) is 6.86. The molecule has 0 saturated heterocycles. The lowest BCUT2D eigenvalue weighted by Gasteiger charge is -2.14. The van der Waals surface area contributed by atoms with Crippen molar-refractivity contribution in [3.63, 3.8) is 0 Å². The van der Waals surface area contributed by atoms with Gasteiger partial charge in [-0.25, -0.2) is 9.97 Å². The first-order chi connectivity index (χ1) is 11.2. The van der Waals surface area contributed by atoms with Gasteiger partial charge >= 0.3 is 6.18 Å². The number of carbonyl (C=O) groups excluding carboxylic acids is 1. The van der Waals surface area contributed by atoms with Crippen LogP contribution in [0.3, 0.4) is 0 Å². The summed E-state index contributed by atoms with van der Waals surface area (Å²) in [5.41, 5.74) is -1.24. The Kier molecular flexibility index (Phi) is 5.06. The van der Waals surface area contributed by atoms with Gasteiger partial charge in [0.15, 0.2) is 0 Å². The Morgan fingerprint density at radius 3 is 2.46 bits per heavy atom. The minimum absolute atomic E-state index is 0.0115. The average molecular weight is 338 g/mol. The molecule has 0 bridgehead atoms. The Morgan fingerprint density at radius 2 is 1.83 bits per heavy atom. The van der Waals surface area contributed by atoms with E-state index < -0.39 is 17.6 Å². The summed E-state index contributed by atoms with van der Waals surface area (Å²) < 4.78 is 39.0. The molecule has 0 saturated carbocycles. The van der Waals surface area contributed by atoms with Gasteiger partial charge in [-0.3, -0.25) is 4.79 Å². The molecule has 1 aromatic heterocycles. The van der Waals surface area contributed by atoms with Crippen molar-refractivity contribution in [2.75, 3.05) is 10.6 Å². The van der Waals surface area contributed by atoms with Gasteiger partial charge < -0.3 is 10.6 Å². The van der Waals surface area contributed by atoms with E-state index in [0.717, 1.165) is 6.07 Å². The molecular weight excluding hydrogens is 321 g/mol. The predicted molar refractivity (Wildman–Crippen MR) is 84.9 cm³/mol. The fraction of sp³-hybridized carbons (Fsp3) is 0.312. The number of amides is 1. The minimum Gasteiger partial charge on any atom is -0.368 e. The third-order valence-electron chi connectivity index (χ3n) is 2.99. The van der Waals surface area contributed by atoms with E-state index in [4.69, 9.17) is 0 Å². The summed E-state index contributed by atoms with van der Waals surface area (Å²) in [7, 11) is 0. The SMILES string of the molecule is Cc1nc(NC(C)C)cc(C(=O)Nc2ccccc2C(F)(F)F)n1. The van der Waals surface area contributed by atoms with Gasteiger partial charge in [-0.15, -0.1) is 0 Å². The molecule has 0 aliphatic rings. The topological polar surface area (TPSA) is 66.9 Å². The minimum atomic E-state index is -4.56. The fourth-order valence-electron chi connectivity index (χ4n) is 2.08. The van der Waals surface area contributed by atoms with Gasteiger partial charge in [-0.05, 0) is 32.9 Å². The van der Waals surface area contributed by atoms with Crippen molar-refractivity contribution in [1.29, 1.82) is 0 Å². The number of para-hydroxylation sites is 1. The monoisotopic (exact) mass is 338 g/mol. The molecule has 0 aliphatic carbocycles. The van der Waals surface area contributed by atoms with Crippen LogP contribution in [0.4, 0.5) is 24.7 Å². The summed E-state index contributed by atoms with van der Waals surface area (Å²) in [5.74, 6) is 0.0469. The number of nitrogens with one attached hydrogen (secondary N) is 2. The molecule has 0 spiro atoms. The first-order valence-electron chi connectivity index (χ1n) is 7.26. The van der Waals surface area contributed by atoms with Gasteiger partial charge in [-0.1, -0.05) is 12.1 Å². The number of alkyl halides is 3. The summed E-state index contributed by atoms with van der Waals surface area (Å²) in [4.78, 5) is 20.4. The number of hydrogen-bond acceptors (Lipinski definition) is 4. The molecule has 0 fully saturated rings. The van der Waals surface area contributed by atoms with Gasteiger partial charge in [-0.2, -0.15) is 13.2 Å². The van der Waals surface area contributed by atoms with Crippen LogP contribution in [0.2, 0.25) is 0 Å². The second-order valence-corrected chi connectivity index (χ2v) is 5.48. The van der Waals surface area contributed by atoms with Crippen LogP contribution >= 0.6 is 0 Å². The quantitative estimate of drug-likeness (QED) is 0.888. The maximum absolute atomic E-state index is 13.0. The van der Waals surface area contributed by atoms with Crippen LogP contribution in [0.5, 0.6) is 0 Å². The molecule has 5 nitrogen and oxygen atoms in total. The van der Waals surface area contributed by atoms with E-state index in [1.807, 2.05) is 13.8 Å². The molecule has 0 radical (unpaired) electrons. The molecule has 2 rings (SSSR count). The number of aromatic nitrogens is 2. The Bertz CT molecular complexity index is 744. The van der Waals surface area contributed by atoms with E-state index in [1.165, 1.54) is 24.3 Å². The van der Waals surface area contributed by atoms with E-state index in [-0.39, 0.29) is 17.4 Å². The molecular formula is C16H17F3N4O. The zero-order chi connectivity index (χ0) is 17.9. The Morgan fingerprint density at radius 1 is 1.17 bits per heavy atom. The maximum atomic E-state index is 13.0. The number of nitrogens with zero attached hydrogens (tertiary/aromatic N) is 2. The zero-order valence-electron chi connectivity index (χ0n) is 13.4. The van der Waals surface area contributed by atoms with Crippen LogP contribution in [0, 0.1) is 6.92 Å². The van der Waals surface area contributed by atoms with Crippen LogP contribution in [0.25, 0.3) is 0 Å². The summed E-state index contributed by atoms with van der Waals surface area (Å²) in [6.45, 7) is 5.40. The molecule has 0 unspecified atom stereocenters. The lowest BCUT2D eigenvalue weighted by Crippen LogP contribution is -2.19. The highest BCUT2D eigenvalue weighted by atomic mass is 19.4. The summed E-state index contributed by atoms with van der Waals surface area (Å²) in [5, 5.41) is 5.29. The largest absolute Gasteiger partial charge is 0.418 e. The Balaban J connectivity index is 2.30. The molecule has 8 heteroatoms. The number of aryl methyl sites for hydroxylation is 1. The van der Waals surface area contributed by atoms with Crippen molar-refractivity contribution in [2.24, 2.45) is 0 Å². The van der Waals surface area contributed by atoms with Crippen LogP contribution in [-0.2, 0) is 6.18 Å². The van der Waals surface area contributed by atoms with Crippen LogP contribution in [0.1, 0.15) is 35.7 Å². The number of carbonyl (C=O) groups is 1. The summed E-state index contributed by atoms with van der Waals surface area (Å²) in [6, 6.07) is 6.27. The Labute approximate surface area is 137 Å². The molecule has 0 aliphatic heterocycles. The number of hydrogen-bond donors (Lipinski definition) is 2. The predicted octanol–water partition coefficient (Wildman–Crippen LogP) is 3.88. The molecule has 2 N–H and O–H groups in total. The number of anilines is 2. The third-order valence-corrected chi connectivity index (χ3v) is 2.99. The first kappa shape index (κ1) is 17.7. The smallest absolute Gasteiger partial charge is 0.368 e. The fourth-order valence-corrected chi connectivity index (χ4v) is 2.08. The highest BCUT2D eigenvalue weighted by Crippen LogP contribution is 2.34. The normalized spacial score (nSPS) is 11.5. The van der Waals surface area contributed by atoms with Crippen molar-refractivity contribution in [3.05, 3.63) is 47.4 Å². The lowest BCUT2D eigenvalue weighted by atomic mass is 10.1. The molecule has 0 atom stereocenters. The van der Waals surface area contributed by atoms with Gasteiger partial charge in [0.1, 0.15) is 17.3 Å². The van der Waals surface area contributed by atoms with Crippen LogP contribution in [-0.4, -0.2) is 21.9 Å². The van der Waals surface area contributed by atoms with Crippen molar-refractivity contribution < 1.29 is 18.0 Å². The van der Waals surface area contributed by atoms with Gasteiger partial charge in [0.2, 0.25) is 0 Å². The third kappa shape index (κ3) is 4.43. The van der Waals surface area contributed by atoms with E-state index in [1.54, 1.807) is 6.92 Å². The number of rotatable bonds is 4. The number of benzene rings is 1. The molecule has 1 amide bonds. The molecule has 24 heavy (non-hydrogen) atoms. The summed E-state index contributed by atoms with van der Waals surface area (Å²) >= 11 is 0. The summed E-state index contributed by atoms with van der Waals surface area (Å²) in [6.07, 6.45) is -4.56. The molecule has 128 valence electrons. The van der Waals surface area contributed by atoms with E-state index in [9.17, 15) is 18.0 Å². The number of halogens is 3. The molecule has 2 aromatic rings. The van der Waals surface area contributed by atoms with Crippen molar-refractivity contribution in [1.82, 2.24) is 9.97 Å². The van der Waals surface area contributed by atoms with Crippen LogP contribution in [0.15, 0.2) is 30.3 Å². The lowest BCUT2D eigenvalue weighted by molar-refractivity contribution is -0.136. The van der Waals surface area contributed by atoms with Crippen LogP contribution < -0.4 is 10.6 Å². The van der Waals surface area contributed by atoms with Gasteiger partial charge in [0, 0.05) is 12.1 Å². The van der Waals surface area contributed by atoms with Gasteiger partial charge in [0.25, 0.3) is 5.91 Å². The first-order valence-corrected chi connectivity index (χ1v) is 7.26. The zero-order valence-corrected chi connectivity index (χ0v) is 13.4. The average Bonchev–Trinajstić information content (AvgIpc) is 2.45. The van der Waals surface area contributed by atoms with Crippen molar-refractivity contribution in [3.8, 4) is 0 Å². The van der Waals surface area contributed by atoms with E-state index in [2.05, 4.69) is 20.6 Å². The molecule has 1 aromatic carbocycles. The standard InChI is InChI=1S/C16H17F3N4O/c1-9(2)20-14-8-13(21-10(3)22-14)15(24)23-12-7-5-4-6-11(12)16(17,18)19/h4-9H,1-3H3,(H,23,24)(H,20,21,22). The maximum Gasteiger partial charge on any atom is 0.418 e.